The van der Waals surface area contributed by atoms with E-state index in [0.29, 0.717) is 5.03 Å². The fourth-order valence-corrected chi connectivity index (χ4v) is 2.97. The number of carboxylic acid groups (broad SMARTS) is 1. The van der Waals surface area contributed by atoms with Gasteiger partial charge in [-0.3, -0.25) is 4.79 Å². The van der Waals surface area contributed by atoms with Gasteiger partial charge in [-0.05, 0) is 26.0 Å². The van der Waals surface area contributed by atoms with Gasteiger partial charge in [0.25, 0.3) is 0 Å². The lowest BCUT2D eigenvalue weighted by molar-refractivity contribution is -0.140. The Morgan fingerprint density at radius 3 is 1.91 bits per heavy atom. The maximum absolute atomic E-state index is 12.9. The van der Waals surface area contributed by atoms with Crippen LogP contribution in [-0.4, -0.2) is 61.2 Å². The van der Waals surface area contributed by atoms with Gasteiger partial charge in [0.1, 0.15) is 17.8 Å². The number of hydrogen-bond acceptors (Lipinski definition) is 8. The molecule has 2 aromatic rings. The van der Waals surface area contributed by atoms with Gasteiger partial charge in [0.15, 0.2) is 5.82 Å². The number of aromatic nitrogens is 4. The molecule has 15 heteroatoms. The first kappa shape index (κ1) is 26.4. The summed E-state index contributed by atoms with van der Waals surface area (Å²) in [6.45, 7) is 3.10. The van der Waals surface area contributed by atoms with E-state index in [-0.39, 0.29) is 17.3 Å². The van der Waals surface area contributed by atoms with E-state index in [1.54, 1.807) is 6.07 Å². The van der Waals surface area contributed by atoms with Crippen LogP contribution in [0.2, 0.25) is 0 Å². The van der Waals surface area contributed by atoms with Crippen LogP contribution >= 0.6 is 11.8 Å². The van der Waals surface area contributed by atoms with E-state index in [2.05, 4.69) is 19.9 Å². The molecule has 0 saturated carbocycles. The van der Waals surface area contributed by atoms with Crippen molar-refractivity contribution in [3.05, 3.63) is 18.2 Å². The summed E-state index contributed by atoms with van der Waals surface area (Å²) in [5, 5.41) is 13.4. The molecule has 0 amide bonds. The largest absolute Gasteiger partial charge is 0.481 e. The Hall–Kier alpha value is -2.84. The number of carbonyl (C=O) groups is 1. The average molecular weight is 498 g/mol. The number of alkyl halides is 6. The quantitative estimate of drug-likeness (QED) is 0.340. The lowest BCUT2D eigenvalue weighted by Gasteiger charge is -2.20. The SMILES string of the molecule is CC(CSc1cccc(-c2nc(NC(C)C(F)(F)F)nc(NC(C)C(F)(F)F)n2)n1)C(=O)O. The van der Waals surface area contributed by atoms with Crippen molar-refractivity contribution >= 4 is 29.6 Å². The first-order valence-electron chi connectivity index (χ1n) is 9.42. The zero-order chi connectivity index (χ0) is 25.0. The van der Waals surface area contributed by atoms with E-state index >= 15 is 0 Å². The Morgan fingerprint density at radius 1 is 0.939 bits per heavy atom. The molecule has 0 radical (unpaired) electrons. The third kappa shape index (κ3) is 7.91. The molecule has 0 saturated heterocycles. The lowest BCUT2D eigenvalue weighted by Crippen LogP contribution is -2.35. The highest BCUT2D eigenvalue weighted by Crippen LogP contribution is 2.27. The van der Waals surface area contributed by atoms with Crippen molar-refractivity contribution in [1.82, 2.24) is 19.9 Å². The minimum absolute atomic E-state index is 0.0517. The van der Waals surface area contributed by atoms with E-state index in [1.807, 2.05) is 10.6 Å². The highest BCUT2D eigenvalue weighted by atomic mass is 32.2. The zero-order valence-corrected chi connectivity index (χ0v) is 18.3. The highest BCUT2D eigenvalue weighted by molar-refractivity contribution is 7.99. The number of carboxylic acids is 1. The maximum Gasteiger partial charge on any atom is 0.408 e. The van der Waals surface area contributed by atoms with Gasteiger partial charge >= 0.3 is 18.3 Å². The van der Waals surface area contributed by atoms with Crippen molar-refractivity contribution in [2.75, 3.05) is 16.4 Å². The maximum atomic E-state index is 12.9. The number of nitrogens with zero attached hydrogens (tertiary/aromatic N) is 4. The van der Waals surface area contributed by atoms with Crippen LogP contribution in [0.1, 0.15) is 20.8 Å². The predicted octanol–water partition coefficient (Wildman–Crippen LogP) is 4.47. The number of pyridine rings is 1. The van der Waals surface area contributed by atoms with Gasteiger partial charge in [-0.25, -0.2) is 4.98 Å². The van der Waals surface area contributed by atoms with Crippen LogP contribution in [0, 0.1) is 5.92 Å². The number of thioether (sulfide) groups is 1. The molecule has 2 heterocycles. The summed E-state index contributed by atoms with van der Waals surface area (Å²) < 4.78 is 77.6. The van der Waals surface area contributed by atoms with Crippen LogP contribution in [0.5, 0.6) is 0 Å². The van der Waals surface area contributed by atoms with E-state index in [9.17, 15) is 31.1 Å². The third-order valence-corrected chi connectivity index (χ3v) is 5.35. The Morgan fingerprint density at radius 2 is 1.45 bits per heavy atom. The number of rotatable bonds is 9. The number of anilines is 2. The molecule has 0 spiro atoms. The first-order chi connectivity index (χ1) is 15.2. The van der Waals surface area contributed by atoms with Gasteiger partial charge in [0.2, 0.25) is 11.9 Å². The summed E-state index contributed by atoms with van der Waals surface area (Å²) in [7, 11) is 0. The van der Waals surface area contributed by atoms with Crippen molar-refractivity contribution < 1.29 is 36.2 Å². The van der Waals surface area contributed by atoms with Crippen LogP contribution in [0.25, 0.3) is 11.5 Å². The van der Waals surface area contributed by atoms with Crippen molar-refractivity contribution in [2.24, 2.45) is 5.92 Å². The molecule has 2 rings (SSSR count). The number of aliphatic carboxylic acids is 1. The van der Waals surface area contributed by atoms with Crippen LogP contribution in [0.15, 0.2) is 23.2 Å². The van der Waals surface area contributed by atoms with Crippen molar-refractivity contribution in [3.8, 4) is 11.5 Å². The summed E-state index contributed by atoms with van der Waals surface area (Å²) in [6.07, 6.45) is -9.31. The summed E-state index contributed by atoms with van der Waals surface area (Å²) >= 11 is 1.11. The van der Waals surface area contributed by atoms with Gasteiger partial charge in [-0.15, -0.1) is 11.8 Å². The third-order valence-electron chi connectivity index (χ3n) is 4.16. The van der Waals surface area contributed by atoms with E-state index in [1.165, 1.54) is 19.1 Å². The normalized spacial score (nSPS) is 14.9. The van der Waals surface area contributed by atoms with Gasteiger partial charge in [-0.1, -0.05) is 13.0 Å². The van der Waals surface area contributed by atoms with Gasteiger partial charge in [-0.2, -0.15) is 41.3 Å². The lowest BCUT2D eigenvalue weighted by atomic mass is 10.2. The molecular weight excluding hydrogens is 478 g/mol. The molecule has 0 fully saturated rings. The molecule has 33 heavy (non-hydrogen) atoms. The number of hydrogen-bond donors (Lipinski definition) is 3. The summed E-state index contributed by atoms with van der Waals surface area (Å²) in [6, 6.07) is 0.325. The Kier molecular flexibility index (Phi) is 8.32. The van der Waals surface area contributed by atoms with Crippen LogP contribution in [0.3, 0.4) is 0 Å². The Labute approximate surface area is 188 Å². The standard InChI is InChI=1S/C18H20F6N6O2S/c1-8(14(31)32)7-33-12-6-4-5-11(27-12)13-28-15(25-9(2)17(19,20)21)30-16(29-13)26-10(3)18(22,23)24/h4-6,8-10H,7H2,1-3H3,(H,31,32)(H2,25,26,28,29,30). The Balaban J connectivity index is 2.40. The molecule has 3 unspecified atom stereocenters. The van der Waals surface area contributed by atoms with E-state index < -0.39 is 48.2 Å². The number of nitrogens with one attached hydrogen (secondary N) is 2. The van der Waals surface area contributed by atoms with Crippen molar-refractivity contribution in [3.63, 3.8) is 0 Å². The second-order valence-electron chi connectivity index (χ2n) is 7.03. The van der Waals surface area contributed by atoms with E-state index in [0.717, 1.165) is 25.6 Å². The van der Waals surface area contributed by atoms with Crippen LogP contribution in [-0.2, 0) is 4.79 Å². The molecule has 0 aliphatic heterocycles. The number of halogens is 6. The molecule has 182 valence electrons. The minimum atomic E-state index is -4.66. The molecule has 0 aliphatic carbocycles. The molecule has 0 aromatic carbocycles. The molecule has 3 atom stereocenters. The predicted molar refractivity (Wildman–Crippen MR) is 109 cm³/mol. The molecule has 0 aliphatic rings. The molecule has 0 bridgehead atoms. The fraction of sp³-hybridized carbons (Fsp3) is 0.500. The zero-order valence-electron chi connectivity index (χ0n) is 17.5. The van der Waals surface area contributed by atoms with Gasteiger partial charge in [0, 0.05) is 5.75 Å². The Bertz CT molecular complexity index is 934. The summed E-state index contributed by atoms with van der Waals surface area (Å²) in [4.78, 5) is 26.6. The van der Waals surface area contributed by atoms with Crippen LogP contribution < -0.4 is 10.6 Å². The van der Waals surface area contributed by atoms with Gasteiger partial charge < -0.3 is 15.7 Å². The molecule has 8 nitrogen and oxygen atoms in total. The fourth-order valence-electron chi connectivity index (χ4n) is 2.07. The smallest absolute Gasteiger partial charge is 0.408 e. The van der Waals surface area contributed by atoms with E-state index in [4.69, 9.17) is 5.11 Å². The summed E-state index contributed by atoms with van der Waals surface area (Å²) in [5.74, 6) is -2.94. The summed E-state index contributed by atoms with van der Waals surface area (Å²) in [5.41, 5.74) is 0.0517. The van der Waals surface area contributed by atoms with Crippen LogP contribution in [0.4, 0.5) is 38.2 Å². The molecule has 3 N–H and O–H groups in total. The minimum Gasteiger partial charge on any atom is -0.481 e. The molecule has 2 aromatic heterocycles. The van der Waals surface area contributed by atoms with Gasteiger partial charge in [0.05, 0.1) is 10.9 Å². The monoisotopic (exact) mass is 498 g/mol. The second-order valence-corrected chi connectivity index (χ2v) is 8.07. The average Bonchev–Trinajstić information content (AvgIpc) is 2.70. The van der Waals surface area contributed by atoms with Crippen molar-refractivity contribution in [2.45, 2.75) is 50.2 Å². The first-order valence-corrected chi connectivity index (χ1v) is 10.4. The topological polar surface area (TPSA) is 113 Å². The van der Waals surface area contributed by atoms with Crippen molar-refractivity contribution in [1.29, 1.82) is 0 Å². The highest BCUT2D eigenvalue weighted by Gasteiger charge is 2.38. The second kappa shape index (κ2) is 10.4. The molecular formula is C18H20F6N6O2S.